The number of fused-ring (bicyclic) bond motifs is 8. The Morgan fingerprint density at radius 2 is 1.05 bits per heavy atom. The highest BCUT2D eigenvalue weighted by molar-refractivity contribution is 6.23. The zero-order valence-corrected chi connectivity index (χ0v) is 47.6. The summed E-state index contributed by atoms with van der Waals surface area (Å²) < 4.78 is 189. The standard InChI is InChI=1S/C75H78O/c1-39(2)75(74(17,18)19)65-27-23-22-26-59(65)60-33-32-58(52(15)71(60)75)66-53(16)69-68-51(14)63(38-46(9)72(68)76-73(69)67-50(13)47(10)42(5)35-64(66)67)70(57-31-30-56(48(11)49(57)12)54-25-21-20-24-41(54)4)62-37-44(7)61(36-45(62)8)55-29-28-40(3)34-43(55)6/h20-39,70H,1-19H3/i20D,21D,22D,23D,24D,25D,26D,27D,28D,29D,30D,31D,32D,33D,34D,35D,36D,37D,39D. The molecule has 1 heteroatoms. The maximum Gasteiger partial charge on any atom is 0.143 e. The van der Waals surface area contributed by atoms with Crippen molar-refractivity contribution in [2.24, 2.45) is 11.3 Å². The SMILES string of the molecule is [2H]c1c([2H])c([2H])c(-c2c([2H])c([2H])c(C(c3cc(C)c4oc5c6c(C)c(C)c(C)c([2H])c6c(-c6c([2H])c([2H])c7c(c6C)C(C([2H])(C)C)(C(C)(C)C)c6c([2H])c([2H])c([2H])c([2H])c6-7)c(C)c5c4c3C)c3c([2H])c(C)c(-c4c([2H])c([2H])c(C)c([2H])c4C)c([2H])c3C)c(C)c2C)c(C)c1[2H]. The fourth-order valence-electron chi connectivity index (χ4n) is 13.4. The van der Waals surface area contributed by atoms with Gasteiger partial charge in [0.25, 0.3) is 0 Å². The molecule has 2 unspecified atom stereocenters. The molecule has 1 aliphatic rings. The van der Waals surface area contributed by atoms with E-state index in [-0.39, 0.29) is 146 Å². The van der Waals surface area contributed by atoms with Crippen LogP contribution in [0.4, 0.5) is 0 Å². The minimum Gasteiger partial charge on any atom is -0.455 e. The van der Waals surface area contributed by atoms with E-state index in [0.717, 1.165) is 11.1 Å². The number of hydrogen-bond acceptors (Lipinski definition) is 1. The monoisotopic (exact) mass is 1010 g/mol. The summed E-state index contributed by atoms with van der Waals surface area (Å²) >= 11 is 0. The zero-order chi connectivity index (χ0) is 70.9. The lowest BCUT2D eigenvalue weighted by Gasteiger charge is -2.48. The van der Waals surface area contributed by atoms with Crippen molar-refractivity contribution in [1.29, 1.82) is 0 Å². The van der Waals surface area contributed by atoms with Gasteiger partial charge in [-0.15, -0.1) is 0 Å². The Balaban J connectivity index is 1.35. The molecule has 1 heterocycles. The van der Waals surface area contributed by atoms with Gasteiger partial charge in [-0.05, 0) is 258 Å². The molecule has 10 aromatic rings. The lowest BCUT2D eigenvalue weighted by Crippen LogP contribution is -2.44. The second kappa shape index (κ2) is 18.1. The van der Waals surface area contributed by atoms with Gasteiger partial charge < -0.3 is 4.42 Å². The number of hydrogen-bond donors (Lipinski definition) is 0. The van der Waals surface area contributed by atoms with Crippen molar-refractivity contribution < 1.29 is 30.5 Å². The molecule has 0 saturated carbocycles. The quantitative estimate of drug-likeness (QED) is 0.145. The van der Waals surface area contributed by atoms with Crippen LogP contribution in [0.2, 0.25) is 0 Å². The van der Waals surface area contributed by atoms with Crippen LogP contribution in [-0.4, -0.2) is 0 Å². The fraction of sp³-hybridized carbons (Fsp3) is 0.307. The number of aryl methyl sites for hydroxylation is 4. The molecule has 0 radical (unpaired) electrons. The van der Waals surface area contributed by atoms with Crippen LogP contribution in [0.5, 0.6) is 0 Å². The largest absolute Gasteiger partial charge is 0.455 e. The molecular formula is C75H78O. The van der Waals surface area contributed by atoms with Crippen molar-refractivity contribution in [2.75, 3.05) is 0 Å². The summed E-state index contributed by atoms with van der Waals surface area (Å²) in [7, 11) is 0. The van der Waals surface area contributed by atoms with Gasteiger partial charge >= 0.3 is 0 Å². The van der Waals surface area contributed by atoms with E-state index in [1.165, 1.54) is 0 Å². The first-order valence-corrected chi connectivity index (χ1v) is 26.4. The Morgan fingerprint density at radius 1 is 0.434 bits per heavy atom. The van der Waals surface area contributed by atoms with Gasteiger partial charge in [0.1, 0.15) is 11.2 Å². The van der Waals surface area contributed by atoms with Gasteiger partial charge in [0.15, 0.2) is 0 Å². The first-order chi connectivity index (χ1) is 43.9. The van der Waals surface area contributed by atoms with Crippen LogP contribution in [0.25, 0.3) is 77.2 Å². The zero-order valence-electron chi connectivity index (χ0n) is 66.6. The van der Waals surface area contributed by atoms with E-state index >= 15 is 0 Å². The summed E-state index contributed by atoms with van der Waals surface area (Å²) in [6.45, 7) is 34.3. The summed E-state index contributed by atoms with van der Waals surface area (Å²) in [5.41, 5.74) is 8.58. The van der Waals surface area contributed by atoms with E-state index in [9.17, 15) is 16.4 Å². The molecule has 0 saturated heterocycles. The summed E-state index contributed by atoms with van der Waals surface area (Å²) in [5.74, 6) is -2.68. The van der Waals surface area contributed by atoms with Gasteiger partial charge in [-0.1, -0.05) is 155 Å². The predicted octanol–water partition coefficient (Wildman–Crippen LogP) is 21.2. The third-order valence-electron chi connectivity index (χ3n) is 17.3. The average molecular weight is 1010 g/mol. The molecule has 1 nitrogen and oxygen atoms in total. The molecule has 1 aromatic heterocycles. The highest BCUT2D eigenvalue weighted by atomic mass is 16.3. The molecular weight excluding hydrogens is 917 g/mol. The molecule has 2 atom stereocenters. The highest BCUT2D eigenvalue weighted by Crippen LogP contribution is 2.63. The molecule has 0 spiro atoms. The average Bonchev–Trinajstić information content (AvgIpc) is 1.51. The molecule has 384 valence electrons. The van der Waals surface area contributed by atoms with Crippen molar-refractivity contribution in [3.8, 4) is 44.5 Å². The Bertz CT molecular complexity index is 4960. The molecule has 0 amide bonds. The smallest absolute Gasteiger partial charge is 0.143 e. The van der Waals surface area contributed by atoms with Crippen LogP contribution in [0, 0.1) is 108 Å². The second-order valence-electron chi connectivity index (χ2n) is 22.9. The van der Waals surface area contributed by atoms with Crippen molar-refractivity contribution in [1.82, 2.24) is 0 Å². The summed E-state index contributed by atoms with van der Waals surface area (Å²) in [4.78, 5) is 0. The van der Waals surface area contributed by atoms with E-state index in [0.29, 0.717) is 111 Å². The second-order valence-corrected chi connectivity index (χ2v) is 22.9. The molecule has 11 rings (SSSR count). The van der Waals surface area contributed by atoms with E-state index in [2.05, 4.69) is 0 Å². The van der Waals surface area contributed by atoms with Crippen molar-refractivity contribution >= 4 is 32.7 Å². The molecule has 0 N–H and O–H groups in total. The summed E-state index contributed by atoms with van der Waals surface area (Å²) in [5, 5.41) is 2.19. The van der Waals surface area contributed by atoms with Crippen LogP contribution in [-0.2, 0) is 5.41 Å². The maximum absolute atomic E-state index is 10.5. The third-order valence-corrected chi connectivity index (χ3v) is 17.3. The van der Waals surface area contributed by atoms with Crippen LogP contribution in [0.3, 0.4) is 0 Å². The lowest BCUT2D eigenvalue weighted by atomic mass is 9.55. The van der Waals surface area contributed by atoms with Crippen molar-refractivity contribution in [2.45, 2.75) is 143 Å². The summed E-state index contributed by atoms with van der Waals surface area (Å²) in [6.07, 6.45) is 0. The first kappa shape index (κ1) is 33.3. The van der Waals surface area contributed by atoms with E-state index in [4.69, 9.17) is 14.0 Å². The number of benzene rings is 9. The van der Waals surface area contributed by atoms with Crippen LogP contribution in [0.1, 0.15) is 172 Å². The van der Waals surface area contributed by atoms with E-state index in [1.54, 1.807) is 62.3 Å². The highest BCUT2D eigenvalue weighted by Gasteiger charge is 2.54. The van der Waals surface area contributed by atoms with Crippen LogP contribution >= 0.6 is 0 Å². The van der Waals surface area contributed by atoms with Crippen molar-refractivity contribution in [3.05, 3.63) is 221 Å². The third kappa shape index (κ3) is 7.23. The van der Waals surface area contributed by atoms with Gasteiger partial charge in [0.2, 0.25) is 0 Å². The van der Waals surface area contributed by atoms with Gasteiger partial charge in [0, 0.05) is 28.9 Å². The fourth-order valence-corrected chi connectivity index (χ4v) is 13.4. The summed E-state index contributed by atoms with van der Waals surface area (Å²) in [6, 6.07) is -2.81. The Kier molecular flexibility index (Phi) is 7.91. The molecule has 9 aromatic carbocycles. The maximum atomic E-state index is 10.5. The first-order valence-electron chi connectivity index (χ1n) is 35.9. The van der Waals surface area contributed by atoms with Crippen LogP contribution in [0.15, 0.2) is 119 Å². The van der Waals surface area contributed by atoms with E-state index in [1.807, 2.05) is 75.3 Å². The molecule has 0 bridgehead atoms. The lowest BCUT2D eigenvalue weighted by molar-refractivity contribution is 0.170. The normalized spacial score (nSPS) is 18.5. The molecule has 0 fully saturated rings. The van der Waals surface area contributed by atoms with E-state index < -0.39 is 46.8 Å². The topological polar surface area (TPSA) is 13.1 Å². The minimum atomic E-state index is -1.53. The Labute approximate surface area is 481 Å². The van der Waals surface area contributed by atoms with Gasteiger partial charge in [-0.3, -0.25) is 0 Å². The molecule has 76 heavy (non-hydrogen) atoms. The minimum absolute atomic E-state index is 0.0397. The van der Waals surface area contributed by atoms with Crippen molar-refractivity contribution in [3.63, 3.8) is 0 Å². The van der Waals surface area contributed by atoms with Gasteiger partial charge in [-0.2, -0.15) is 0 Å². The van der Waals surface area contributed by atoms with Gasteiger partial charge in [0.05, 0.1) is 24.7 Å². The molecule has 1 aliphatic carbocycles. The molecule has 0 aliphatic heterocycles. The predicted molar refractivity (Wildman–Crippen MR) is 328 cm³/mol. The van der Waals surface area contributed by atoms with Crippen LogP contribution < -0.4 is 0 Å². The Morgan fingerprint density at radius 3 is 1.76 bits per heavy atom. The number of furan rings is 1. The number of rotatable bonds is 7. The van der Waals surface area contributed by atoms with Gasteiger partial charge in [-0.25, -0.2) is 0 Å². The Hall–Kier alpha value is -6.96.